The number of amides is 1. The molecule has 116 valence electrons. The number of ether oxygens (including phenoxy) is 1. The maximum atomic E-state index is 12.3. The molecule has 1 aliphatic rings. The highest BCUT2D eigenvalue weighted by Gasteiger charge is 2.42. The number of carbonyl (C=O) groups excluding carboxylic acids is 1. The third-order valence-electron chi connectivity index (χ3n) is 4.07. The van der Waals surface area contributed by atoms with Crippen molar-refractivity contribution in [3.05, 3.63) is 48.3 Å². The fourth-order valence-electron chi connectivity index (χ4n) is 2.45. The maximum absolute atomic E-state index is 12.3. The summed E-state index contributed by atoms with van der Waals surface area (Å²) in [4.78, 5) is 12.3. The number of rotatable bonds is 7. The lowest BCUT2D eigenvalue weighted by atomic mass is 10.1. The lowest BCUT2D eigenvalue weighted by molar-refractivity contribution is 0.0864. The van der Waals surface area contributed by atoms with E-state index in [9.17, 15) is 4.79 Å². The number of carbonyl (C=O) groups is 1. The summed E-state index contributed by atoms with van der Waals surface area (Å²) in [5.74, 6) is -0.0446. The molecule has 1 aromatic carbocycles. The molecular weight excluding hydrogens is 278 g/mol. The van der Waals surface area contributed by atoms with Crippen molar-refractivity contribution in [1.82, 2.24) is 15.1 Å². The molecule has 1 saturated carbocycles. The first kappa shape index (κ1) is 14.8. The molecule has 0 radical (unpaired) electrons. The second-order valence-corrected chi connectivity index (χ2v) is 5.82. The van der Waals surface area contributed by atoms with Crippen LogP contribution in [0, 0.1) is 5.41 Å². The van der Waals surface area contributed by atoms with Gasteiger partial charge in [-0.3, -0.25) is 4.79 Å². The molecule has 1 aliphatic carbocycles. The third kappa shape index (κ3) is 3.36. The molecule has 0 bridgehead atoms. The van der Waals surface area contributed by atoms with Gasteiger partial charge in [0.15, 0.2) is 0 Å². The summed E-state index contributed by atoms with van der Waals surface area (Å²) in [5.41, 5.74) is 1.69. The standard InChI is InChI=1S/C17H21N3O2/c1-2-22-13-17(7-8-17)12-18-16(21)14-5-3-6-15(11-14)20-10-4-9-19-20/h3-6,9-11H,2,7-8,12-13H2,1H3,(H,18,21). The zero-order chi connectivity index (χ0) is 15.4. The van der Waals surface area contributed by atoms with Crippen molar-refractivity contribution < 1.29 is 9.53 Å². The van der Waals surface area contributed by atoms with Gasteiger partial charge in [-0.2, -0.15) is 5.10 Å². The summed E-state index contributed by atoms with van der Waals surface area (Å²) in [6.07, 6.45) is 5.83. The largest absolute Gasteiger partial charge is 0.381 e. The van der Waals surface area contributed by atoms with Gasteiger partial charge in [0.05, 0.1) is 12.3 Å². The Morgan fingerprint density at radius 1 is 1.41 bits per heavy atom. The molecule has 1 N–H and O–H groups in total. The van der Waals surface area contributed by atoms with Crippen molar-refractivity contribution in [2.75, 3.05) is 19.8 Å². The predicted octanol–water partition coefficient (Wildman–Crippen LogP) is 2.42. The number of nitrogens with one attached hydrogen (secondary N) is 1. The van der Waals surface area contributed by atoms with Crippen LogP contribution >= 0.6 is 0 Å². The molecule has 0 unspecified atom stereocenters. The van der Waals surface area contributed by atoms with Crippen LogP contribution in [0.15, 0.2) is 42.7 Å². The van der Waals surface area contributed by atoms with Crippen molar-refractivity contribution in [2.45, 2.75) is 19.8 Å². The Kier molecular flexibility index (Phi) is 4.24. The van der Waals surface area contributed by atoms with Crippen molar-refractivity contribution >= 4 is 5.91 Å². The summed E-state index contributed by atoms with van der Waals surface area (Å²) in [6, 6.07) is 9.34. The minimum absolute atomic E-state index is 0.0446. The van der Waals surface area contributed by atoms with Gasteiger partial charge in [0, 0.05) is 36.5 Å². The van der Waals surface area contributed by atoms with E-state index in [0.717, 1.165) is 31.7 Å². The molecule has 3 rings (SSSR count). The second kappa shape index (κ2) is 6.32. The van der Waals surface area contributed by atoms with Gasteiger partial charge in [0.1, 0.15) is 0 Å². The summed E-state index contributed by atoms with van der Waals surface area (Å²) >= 11 is 0. The normalized spacial score (nSPS) is 15.5. The van der Waals surface area contributed by atoms with E-state index in [0.29, 0.717) is 12.1 Å². The molecule has 0 saturated heterocycles. The minimum Gasteiger partial charge on any atom is -0.381 e. The van der Waals surface area contributed by atoms with E-state index >= 15 is 0 Å². The summed E-state index contributed by atoms with van der Waals surface area (Å²) in [6.45, 7) is 4.13. The number of benzene rings is 1. The van der Waals surface area contributed by atoms with Crippen LogP contribution in [-0.4, -0.2) is 35.4 Å². The van der Waals surface area contributed by atoms with Crippen LogP contribution in [-0.2, 0) is 4.74 Å². The molecule has 1 heterocycles. The Morgan fingerprint density at radius 2 is 2.27 bits per heavy atom. The smallest absolute Gasteiger partial charge is 0.251 e. The Hall–Kier alpha value is -2.14. The summed E-state index contributed by atoms with van der Waals surface area (Å²) < 4.78 is 7.25. The van der Waals surface area contributed by atoms with E-state index < -0.39 is 0 Å². The van der Waals surface area contributed by atoms with Gasteiger partial charge in [-0.1, -0.05) is 6.07 Å². The predicted molar refractivity (Wildman–Crippen MR) is 84.1 cm³/mol. The number of nitrogens with zero attached hydrogens (tertiary/aromatic N) is 2. The molecule has 5 heteroatoms. The zero-order valence-corrected chi connectivity index (χ0v) is 12.8. The Labute approximate surface area is 130 Å². The average Bonchev–Trinajstić information content (AvgIpc) is 3.10. The molecular formula is C17H21N3O2. The third-order valence-corrected chi connectivity index (χ3v) is 4.07. The Morgan fingerprint density at radius 3 is 2.95 bits per heavy atom. The zero-order valence-electron chi connectivity index (χ0n) is 12.8. The van der Waals surface area contributed by atoms with Crippen LogP contribution in [0.4, 0.5) is 0 Å². The molecule has 2 aromatic rings. The Bertz CT molecular complexity index is 633. The van der Waals surface area contributed by atoms with Crippen LogP contribution in [0.2, 0.25) is 0 Å². The van der Waals surface area contributed by atoms with E-state index in [1.165, 1.54) is 0 Å². The molecule has 1 amide bonds. The highest BCUT2D eigenvalue weighted by molar-refractivity contribution is 5.94. The summed E-state index contributed by atoms with van der Waals surface area (Å²) in [7, 11) is 0. The van der Waals surface area contributed by atoms with Crippen LogP contribution in [0.5, 0.6) is 0 Å². The molecule has 22 heavy (non-hydrogen) atoms. The lowest BCUT2D eigenvalue weighted by Gasteiger charge is -2.16. The van der Waals surface area contributed by atoms with Gasteiger partial charge >= 0.3 is 0 Å². The van der Waals surface area contributed by atoms with Crippen LogP contribution in [0.25, 0.3) is 5.69 Å². The number of aromatic nitrogens is 2. The fourth-order valence-corrected chi connectivity index (χ4v) is 2.45. The highest BCUT2D eigenvalue weighted by Crippen LogP contribution is 2.45. The van der Waals surface area contributed by atoms with E-state index in [1.54, 1.807) is 10.9 Å². The van der Waals surface area contributed by atoms with Gasteiger partial charge in [-0.05, 0) is 44.0 Å². The van der Waals surface area contributed by atoms with Crippen molar-refractivity contribution in [2.24, 2.45) is 5.41 Å². The molecule has 0 atom stereocenters. The van der Waals surface area contributed by atoms with Gasteiger partial charge in [0.2, 0.25) is 0 Å². The van der Waals surface area contributed by atoms with Crippen LogP contribution < -0.4 is 5.32 Å². The monoisotopic (exact) mass is 299 g/mol. The fraction of sp³-hybridized carbons (Fsp3) is 0.412. The van der Waals surface area contributed by atoms with Gasteiger partial charge in [-0.25, -0.2) is 4.68 Å². The first-order valence-corrected chi connectivity index (χ1v) is 7.68. The molecule has 1 fully saturated rings. The van der Waals surface area contributed by atoms with Gasteiger partial charge < -0.3 is 10.1 Å². The number of hydrogen-bond acceptors (Lipinski definition) is 3. The van der Waals surface area contributed by atoms with E-state index in [2.05, 4.69) is 10.4 Å². The van der Waals surface area contributed by atoms with E-state index in [-0.39, 0.29) is 11.3 Å². The Balaban J connectivity index is 1.62. The lowest BCUT2D eigenvalue weighted by Crippen LogP contribution is -2.32. The topological polar surface area (TPSA) is 56.1 Å². The maximum Gasteiger partial charge on any atom is 0.251 e. The van der Waals surface area contributed by atoms with Crippen LogP contribution in [0.3, 0.4) is 0 Å². The highest BCUT2D eigenvalue weighted by atomic mass is 16.5. The molecule has 1 aromatic heterocycles. The van der Waals surface area contributed by atoms with E-state index in [4.69, 9.17) is 4.74 Å². The molecule has 0 aliphatic heterocycles. The first-order valence-electron chi connectivity index (χ1n) is 7.68. The van der Waals surface area contributed by atoms with Crippen LogP contribution in [0.1, 0.15) is 30.1 Å². The van der Waals surface area contributed by atoms with Crippen molar-refractivity contribution in [3.8, 4) is 5.69 Å². The minimum atomic E-state index is -0.0446. The quantitative estimate of drug-likeness (QED) is 0.854. The SMILES string of the molecule is CCOCC1(CNC(=O)c2cccc(-n3cccn3)c2)CC1. The average molecular weight is 299 g/mol. The second-order valence-electron chi connectivity index (χ2n) is 5.82. The molecule has 0 spiro atoms. The molecule has 5 nitrogen and oxygen atoms in total. The first-order chi connectivity index (χ1) is 10.7. The van der Waals surface area contributed by atoms with Crippen molar-refractivity contribution in [3.63, 3.8) is 0 Å². The van der Waals surface area contributed by atoms with Gasteiger partial charge in [0.25, 0.3) is 5.91 Å². The van der Waals surface area contributed by atoms with E-state index in [1.807, 2.05) is 43.5 Å². The van der Waals surface area contributed by atoms with Gasteiger partial charge in [-0.15, -0.1) is 0 Å². The van der Waals surface area contributed by atoms with Crippen molar-refractivity contribution in [1.29, 1.82) is 0 Å². The number of hydrogen-bond donors (Lipinski definition) is 1. The summed E-state index contributed by atoms with van der Waals surface area (Å²) in [5, 5.41) is 7.22.